The molecule has 0 spiro atoms. The number of alkyl halides is 3. The van der Waals surface area contributed by atoms with Crippen molar-refractivity contribution in [1.29, 1.82) is 5.26 Å². The summed E-state index contributed by atoms with van der Waals surface area (Å²) in [7, 11) is 0. The molecule has 108 valence electrons. The lowest BCUT2D eigenvalue weighted by Gasteiger charge is -2.10. The molecule has 0 amide bonds. The highest BCUT2D eigenvalue weighted by molar-refractivity contribution is 6.28. The van der Waals surface area contributed by atoms with Crippen molar-refractivity contribution < 1.29 is 13.2 Å². The number of benzene rings is 1. The Morgan fingerprint density at radius 1 is 1.19 bits per heavy atom. The van der Waals surface area contributed by atoms with Crippen molar-refractivity contribution in [1.82, 2.24) is 9.97 Å². The molecule has 0 saturated heterocycles. The summed E-state index contributed by atoms with van der Waals surface area (Å²) in [5.74, 6) is -0.0216. The van der Waals surface area contributed by atoms with Gasteiger partial charge in [0.1, 0.15) is 5.82 Å². The SMILES string of the molecule is N#Cc1ccc(CNc2cc(C(F)(F)F)nc(Cl)n2)cc1. The molecule has 0 fully saturated rings. The van der Waals surface area contributed by atoms with Crippen molar-refractivity contribution in [3.63, 3.8) is 0 Å². The first-order valence-electron chi connectivity index (χ1n) is 5.73. The first-order chi connectivity index (χ1) is 9.88. The van der Waals surface area contributed by atoms with Gasteiger partial charge in [-0.3, -0.25) is 0 Å². The number of aromatic nitrogens is 2. The predicted molar refractivity (Wildman–Crippen MR) is 70.5 cm³/mol. The normalized spacial score (nSPS) is 11.0. The molecule has 0 aliphatic rings. The van der Waals surface area contributed by atoms with Gasteiger partial charge in [0, 0.05) is 12.6 Å². The van der Waals surface area contributed by atoms with E-state index >= 15 is 0 Å². The first-order valence-corrected chi connectivity index (χ1v) is 6.11. The van der Waals surface area contributed by atoms with Crippen molar-refractivity contribution in [2.75, 3.05) is 5.32 Å². The minimum Gasteiger partial charge on any atom is -0.366 e. The Morgan fingerprint density at radius 3 is 2.43 bits per heavy atom. The number of hydrogen-bond acceptors (Lipinski definition) is 4. The molecule has 0 unspecified atom stereocenters. The summed E-state index contributed by atoms with van der Waals surface area (Å²) in [4.78, 5) is 6.82. The van der Waals surface area contributed by atoms with Crippen LogP contribution >= 0.6 is 11.6 Å². The van der Waals surface area contributed by atoms with Crippen molar-refractivity contribution in [2.24, 2.45) is 0 Å². The third-order valence-corrected chi connectivity index (χ3v) is 2.71. The minimum absolute atomic E-state index is 0.0216. The van der Waals surface area contributed by atoms with Gasteiger partial charge in [0.2, 0.25) is 5.28 Å². The summed E-state index contributed by atoms with van der Waals surface area (Å²) in [6.45, 7) is 0.246. The average molecular weight is 313 g/mol. The van der Waals surface area contributed by atoms with E-state index in [4.69, 9.17) is 16.9 Å². The lowest BCUT2D eigenvalue weighted by Crippen LogP contribution is -2.11. The quantitative estimate of drug-likeness (QED) is 0.879. The molecule has 4 nitrogen and oxygen atoms in total. The molecule has 0 aliphatic carbocycles. The van der Waals surface area contributed by atoms with Gasteiger partial charge in [-0.1, -0.05) is 12.1 Å². The lowest BCUT2D eigenvalue weighted by atomic mass is 10.1. The molecule has 1 N–H and O–H groups in total. The van der Waals surface area contributed by atoms with Crippen molar-refractivity contribution >= 4 is 17.4 Å². The maximum atomic E-state index is 12.6. The molecule has 0 aliphatic heterocycles. The number of nitriles is 1. The van der Waals surface area contributed by atoms with Crippen LogP contribution in [0.2, 0.25) is 5.28 Å². The van der Waals surface area contributed by atoms with Crippen molar-refractivity contribution in [3.05, 3.63) is 52.4 Å². The molecule has 1 heterocycles. The van der Waals surface area contributed by atoms with Crippen LogP contribution in [-0.4, -0.2) is 9.97 Å². The number of nitrogens with one attached hydrogen (secondary N) is 1. The number of rotatable bonds is 3. The van der Waals surface area contributed by atoms with E-state index in [2.05, 4.69) is 15.3 Å². The Bertz CT molecular complexity index is 677. The number of hydrogen-bond donors (Lipinski definition) is 1. The second kappa shape index (κ2) is 5.97. The highest BCUT2D eigenvalue weighted by Crippen LogP contribution is 2.29. The van der Waals surface area contributed by atoms with Crippen LogP contribution in [0.1, 0.15) is 16.8 Å². The molecule has 0 bridgehead atoms. The molecule has 0 saturated carbocycles. The monoisotopic (exact) mass is 312 g/mol. The van der Waals surface area contributed by atoms with Gasteiger partial charge < -0.3 is 5.32 Å². The van der Waals surface area contributed by atoms with E-state index in [-0.39, 0.29) is 12.4 Å². The highest BCUT2D eigenvalue weighted by atomic mass is 35.5. The summed E-state index contributed by atoms with van der Waals surface area (Å²) in [6, 6.07) is 9.38. The first kappa shape index (κ1) is 15.1. The Morgan fingerprint density at radius 2 is 1.86 bits per heavy atom. The van der Waals surface area contributed by atoms with E-state index in [9.17, 15) is 13.2 Å². The molecule has 1 aromatic carbocycles. The smallest absolute Gasteiger partial charge is 0.366 e. The summed E-state index contributed by atoms with van der Waals surface area (Å²) in [5, 5.41) is 10.9. The van der Waals surface area contributed by atoms with Crippen molar-refractivity contribution in [3.8, 4) is 6.07 Å². The second-order valence-electron chi connectivity index (χ2n) is 4.07. The second-order valence-corrected chi connectivity index (χ2v) is 4.41. The number of halogens is 4. The van der Waals surface area contributed by atoms with E-state index in [0.29, 0.717) is 5.56 Å². The van der Waals surface area contributed by atoms with Gasteiger partial charge in [0.05, 0.1) is 11.6 Å². The van der Waals surface area contributed by atoms with Crippen LogP contribution in [0.3, 0.4) is 0 Å². The number of anilines is 1. The molecule has 21 heavy (non-hydrogen) atoms. The van der Waals surface area contributed by atoms with Gasteiger partial charge in [-0.2, -0.15) is 18.4 Å². The van der Waals surface area contributed by atoms with Crippen LogP contribution < -0.4 is 5.32 Å². The summed E-state index contributed by atoms with van der Waals surface area (Å²) in [5.41, 5.74) is 0.185. The maximum Gasteiger partial charge on any atom is 0.433 e. The highest BCUT2D eigenvalue weighted by Gasteiger charge is 2.33. The standard InChI is InChI=1S/C13H8ClF3N4/c14-12-20-10(13(15,16)17)5-11(21-12)19-7-9-3-1-8(6-18)2-4-9/h1-5H,7H2,(H,19,20,21). The van der Waals surface area contributed by atoms with Crippen LogP contribution in [-0.2, 0) is 12.7 Å². The van der Waals surface area contributed by atoms with Gasteiger partial charge in [0.15, 0.2) is 5.69 Å². The molecule has 1 aromatic heterocycles. The van der Waals surface area contributed by atoms with E-state index in [1.165, 1.54) is 0 Å². The fourth-order valence-corrected chi connectivity index (χ4v) is 1.73. The van der Waals surface area contributed by atoms with Crippen molar-refractivity contribution in [2.45, 2.75) is 12.7 Å². The third-order valence-electron chi connectivity index (χ3n) is 2.55. The van der Waals surface area contributed by atoms with Crippen LogP contribution in [0.5, 0.6) is 0 Å². The van der Waals surface area contributed by atoms with Crippen LogP contribution in [0.15, 0.2) is 30.3 Å². The zero-order chi connectivity index (χ0) is 15.5. The van der Waals surface area contributed by atoms with Crippen LogP contribution in [0.25, 0.3) is 0 Å². The van der Waals surface area contributed by atoms with Gasteiger partial charge >= 0.3 is 6.18 Å². The van der Waals surface area contributed by atoms with Crippen LogP contribution in [0, 0.1) is 11.3 Å². The Balaban J connectivity index is 2.12. The zero-order valence-electron chi connectivity index (χ0n) is 10.4. The Labute approximate surface area is 123 Å². The fourth-order valence-electron chi connectivity index (χ4n) is 1.54. The average Bonchev–Trinajstić information content (AvgIpc) is 2.44. The van der Waals surface area contributed by atoms with Gasteiger partial charge in [-0.05, 0) is 29.3 Å². The number of nitrogens with zero attached hydrogens (tertiary/aromatic N) is 3. The summed E-state index contributed by atoms with van der Waals surface area (Å²) < 4.78 is 37.8. The molecular weight excluding hydrogens is 305 g/mol. The topological polar surface area (TPSA) is 61.6 Å². The van der Waals surface area contributed by atoms with E-state index in [0.717, 1.165) is 11.6 Å². The third kappa shape index (κ3) is 4.07. The zero-order valence-corrected chi connectivity index (χ0v) is 11.2. The minimum atomic E-state index is -4.59. The van der Waals surface area contributed by atoms with Gasteiger partial charge in [-0.25, -0.2) is 9.97 Å². The fraction of sp³-hybridized carbons (Fsp3) is 0.154. The van der Waals surface area contributed by atoms with Gasteiger partial charge in [-0.15, -0.1) is 0 Å². The summed E-state index contributed by atoms with van der Waals surface area (Å²) >= 11 is 5.48. The van der Waals surface area contributed by atoms with E-state index in [1.54, 1.807) is 24.3 Å². The molecule has 0 atom stereocenters. The molecule has 2 aromatic rings. The molecule has 2 rings (SSSR count). The van der Waals surface area contributed by atoms with Crippen LogP contribution in [0.4, 0.5) is 19.0 Å². The molecular formula is C13H8ClF3N4. The molecule has 0 radical (unpaired) electrons. The predicted octanol–water partition coefficient (Wildman–Crippen LogP) is 3.63. The lowest BCUT2D eigenvalue weighted by molar-refractivity contribution is -0.141. The van der Waals surface area contributed by atoms with E-state index in [1.807, 2.05) is 6.07 Å². The van der Waals surface area contributed by atoms with Gasteiger partial charge in [0.25, 0.3) is 0 Å². The maximum absolute atomic E-state index is 12.6. The summed E-state index contributed by atoms with van der Waals surface area (Å²) in [6.07, 6.45) is -4.59. The Kier molecular flexibility index (Phi) is 4.29. The van der Waals surface area contributed by atoms with E-state index < -0.39 is 17.2 Å². The molecule has 8 heteroatoms. The largest absolute Gasteiger partial charge is 0.433 e. The Hall–Kier alpha value is -2.33.